The largest absolute Gasteiger partial charge is 0.481 e. The average Bonchev–Trinajstić information content (AvgIpc) is 3.05. The molecule has 5 nitrogen and oxygen atoms in total. The predicted octanol–water partition coefficient (Wildman–Crippen LogP) is 1.62. The number of aliphatic carboxylic acids is 1. The molecule has 1 saturated heterocycles. The summed E-state index contributed by atoms with van der Waals surface area (Å²) >= 11 is 0. The highest BCUT2D eigenvalue weighted by molar-refractivity contribution is 5.71. The van der Waals surface area contributed by atoms with Crippen LogP contribution in [-0.4, -0.2) is 24.4 Å². The molecule has 1 aromatic carbocycles. The van der Waals surface area contributed by atoms with Crippen molar-refractivity contribution in [3.05, 3.63) is 23.3 Å². The molecule has 0 radical (unpaired) electrons. The lowest BCUT2D eigenvalue weighted by Crippen LogP contribution is -2.17. The van der Waals surface area contributed by atoms with Crippen LogP contribution in [0.1, 0.15) is 23.6 Å². The molecule has 2 unspecified atom stereocenters. The van der Waals surface area contributed by atoms with Crippen LogP contribution < -0.4 is 14.8 Å². The lowest BCUT2D eigenvalue weighted by atomic mass is 9.96. The number of ether oxygens (including phenoxy) is 2. The van der Waals surface area contributed by atoms with E-state index in [1.165, 1.54) is 0 Å². The Morgan fingerprint density at radius 1 is 1.42 bits per heavy atom. The molecule has 0 aromatic heterocycles. The van der Waals surface area contributed by atoms with Gasteiger partial charge in [0, 0.05) is 12.6 Å². The maximum atomic E-state index is 13.1. The summed E-state index contributed by atoms with van der Waals surface area (Å²) in [6.07, 6.45) is 0.460. The van der Waals surface area contributed by atoms with Gasteiger partial charge in [0.25, 0.3) is 0 Å². The second kappa shape index (κ2) is 4.70. The number of rotatable bonds is 3. The Balaban J connectivity index is 1.90. The highest BCUT2D eigenvalue weighted by Crippen LogP contribution is 2.39. The molecule has 0 saturated carbocycles. The second-order valence-electron chi connectivity index (χ2n) is 4.77. The van der Waals surface area contributed by atoms with Gasteiger partial charge in [0.2, 0.25) is 6.79 Å². The molecule has 6 heteroatoms. The van der Waals surface area contributed by atoms with Gasteiger partial charge in [-0.25, -0.2) is 4.39 Å². The molecule has 0 amide bonds. The van der Waals surface area contributed by atoms with Crippen molar-refractivity contribution in [3.8, 4) is 11.5 Å². The summed E-state index contributed by atoms with van der Waals surface area (Å²) in [5.41, 5.74) is 1.28. The molecule has 2 N–H and O–H groups in total. The maximum absolute atomic E-state index is 13.1. The Hall–Kier alpha value is -1.82. The third-order valence-corrected chi connectivity index (χ3v) is 3.63. The Morgan fingerprint density at radius 3 is 2.79 bits per heavy atom. The monoisotopic (exact) mass is 267 g/mol. The van der Waals surface area contributed by atoms with E-state index in [0.717, 1.165) is 5.56 Å². The summed E-state index contributed by atoms with van der Waals surface area (Å²) in [5.74, 6) is -0.114. The Kier molecular flexibility index (Phi) is 3.02. The average molecular weight is 267 g/mol. The Labute approximate surface area is 109 Å². The minimum absolute atomic E-state index is 0.139. The molecule has 2 aliphatic rings. The zero-order chi connectivity index (χ0) is 13.4. The van der Waals surface area contributed by atoms with Crippen LogP contribution >= 0.6 is 0 Å². The quantitative estimate of drug-likeness (QED) is 0.871. The molecule has 2 atom stereocenters. The number of benzene rings is 1. The van der Waals surface area contributed by atoms with Gasteiger partial charge in [-0.1, -0.05) is 0 Å². The Morgan fingerprint density at radius 2 is 2.16 bits per heavy atom. The first kappa shape index (κ1) is 12.2. The molecular weight excluding hydrogens is 253 g/mol. The number of hydrogen-bond acceptors (Lipinski definition) is 4. The summed E-state index contributed by atoms with van der Waals surface area (Å²) in [5, 5.41) is 12.1. The lowest BCUT2D eigenvalue weighted by molar-refractivity contribution is -0.141. The highest BCUT2D eigenvalue weighted by Gasteiger charge is 2.32. The molecule has 19 heavy (non-hydrogen) atoms. The smallest absolute Gasteiger partial charge is 0.307 e. The number of carboxylic acids is 1. The number of carboxylic acid groups (broad SMARTS) is 1. The van der Waals surface area contributed by atoms with Crippen molar-refractivity contribution in [2.45, 2.75) is 19.1 Å². The summed E-state index contributed by atoms with van der Waals surface area (Å²) in [4.78, 5) is 11.0. The molecule has 0 bridgehead atoms. The first-order valence-electron chi connectivity index (χ1n) is 6.13. The van der Waals surface area contributed by atoms with E-state index in [0.29, 0.717) is 30.0 Å². The van der Waals surface area contributed by atoms with Crippen LogP contribution in [0.3, 0.4) is 0 Å². The first-order chi connectivity index (χ1) is 9.19. The minimum Gasteiger partial charge on any atom is -0.481 e. The second-order valence-corrected chi connectivity index (χ2v) is 4.77. The van der Waals surface area contributed by atoms with Crippen molar-refractivity contribution in [1.29, 1.82) is 0 Å². The van der Waals surface area contributed by atoms with Crippen LogP contribution in [0.2, 0.25) is 0 Å². The van der Waals surface area contributed by atoms with Crippen molar-refractivity contribution in [3.63, 3.8) is 0 Å². The fourth-order valence-corrected chi connectivity index (χ4v) is 2.60. The van der Waals surface area contributed by atoms with E-state index in [1.54, 1.807) is 12.1 Å². The van der Waals surface area contributed by atoms with Crippen LogP contribution in [0.4, 0.5) is 4.39 Å². The van der Waals surface area contributed by atoms with Gasteiger partial charge in [0.15, 0.2) is 11.5 Å². The third kappa shape index (κ3) is 2.12. The molecule has 2 heterocycles. The van der Waals surface area contributed by atoms with Crippen molar-refractivity contribution < 1.29 is 23.8 Å². The van der Waals surface area contributed by atoms with Crippen molar-refractivity contribution >= 4 is 5.97 Å². The van der Waals surface area contributed by atoms with Gasteiger partial charge in [-0.05, 0) is 29.7 Å². The van der Waals surface area contributed by atoms with E-state index in [1.807, 2.05) is 0 Å². The van der Waals surface area contributed by atoms with Gasteiger partial charge in [0.1, 0.15) is 6.67 Å². The van der Waals surface area contributed by atoms with Crippen LogP contribution in [0.5, 0.6) is 11.5 Å². The first-order valence-corrected chi connectivity index (χ1v) is 6.13. The maximum Gasteiger partial charge on any atom is 0.307 e. The number of alkyl halides is 1. The van der Waals surface area contributed by atoms with Crippen LogP contribution in [-0.2, 0) is 11.5 Å². The molecule has 102 valence electrons. The number of fused-ring (bicyclic) bond motifs is 1. The van der Waals surface area contributed by atoms with Crippen LogP contribution in [0.15, 0.2) is 12.1 Å². The highest BCUT2D eigenvalue weighted by atomic mass is 19.1. The number of hydrogen-bond donors (Lipinski definition) is 2. The van der Waals surface area contributed by atoms with E-state index < -0.39 is 18.6 Å². The van der Waals surface area contributed by atoms with Crippen LogP contribution in [0, 0.1) is 5.92 Å². The molecule has 0 aliphatic carbocycles. The summed E-state index contributed by atoms with van der Waals surface area (Å²) < 4.78 is 23.6. The van der Waals surface area contributed by atoms with Crippen molar-refractivity contribution in [1.82, 2.24) is 5.32 Å². The normalized spacial score (nSPS) is 24.7. The van der Waals surface area contributed by atoms with Gasteiger partial charge in [0.05, 0.1) is 5.92 Å². The van der Waals surface area contributed by atoms with Gasteiger partial charge in [-0.15, -0.1) is 0 Å². The van der Waals surface area contributed by atoms with E-state index in [-0.39, 0.29) is 12.8 Å². The zero-order valence-electron chi connectivity index (χ0n) is 10.2. The van der Waals surface area contributed by atoms with Gasteiger partial charge < -0.3 is 19.9 Å². The topological polar surface area (TPSA) is 67.8 Å². The van der Waals surface area contributed by atoms with E-state index in [9.17, 15) is 9.18 Å². The van der Waals surface area contributed by atoms with E-state index in [2.05, 4.69) is 5.32 Å². The minimum atomic E-state index is -0.822. The SMILES string of the molecule is O=C(O)C1CNC(c2cc3c(cc2CF)OCO3)C1. The van der Waals surface area contributed by atoms with Gasteiger partial charge >= 0.3 is 5.97 Å². The summed E-state index contributed by atoms with van der Waals surface area (Å²) in [6, 6.07) is 3.23. The summed E-state index contributed by atoms with van der Waals surface area (Å²) in [6.45, 7) is -0.0670. The van der Waals surface area contributed by atoms with Gasteiger partial charge in [-0.2, -0.15) is 0 Å². The van der Waals surface area contributed by atoms with E-state index >= 15 is 0 Å². The molecule has 0 spiro atoms. The van der Waals surface area contributed by atoms with E-state index in [4.69, 9.17) is 14.6 Å². The van der Waals surface area contributed by atoms with Gasteiger partial charge in [-0.3, -0.25) is 4.79 Å². The lowest BCUT2D eigenvalue weighted by Gasteiger charge is -2.15. The number of carbonyl (C=O) groups is 1. The molecule has 1 aromatic rings. The predicted molar refractivity (Wildman–Crippen MR) is 63.9 cm³/mol. The molecule has 2 aliphatic heterocycles. The fraction of sp³-hybridized carbons (Fsp3) is 0.462. The molecule has 1 fully saturated rings. The Bertz CT molecular complexity index is 520. The summed E-state index contributed by atoms with van der Waals surface area (Å²) in [7, 11) is 0. The van der Waals surface area contributed by atoms with Crippen LogP contribution in [0.25, 0.3) is 0 Å². The molecular formula is C13H14FNO4. The molecule has 3 rings (SSSR count). The third-order valence-electron chi connectivity index (χ3n) is 3.63. The zero-order valence-corrected chi connectivity index (χ0v) is 10.2. The number of halogens is 1. The standard InChI is InChI=1S/C13H14FNO4/c14-4-7-2-11-12(19-6-18-11)3-9(7)10-1-8(5-15-10)13(16)17/h2-3,8,10,15H,1,4-6H2,(H,16,17). The fourth-order valence-electron chi connectivity index (χ4n) is 2.60. The van der Waals surface area contributed by atoms with Crippen molar-refractivity contribution in [2.24, 2.45) is 5.92 Å². The van der Waals surface area contributed by atoms with Crippen molar-refractivity contribution in [2.75, 3.05) is 13.3 Å². The number of nitrogens with one attached hydrogen (secondary N) is 1.